The summed E-state index contributed by atoms with van der Waals surface area (Å²) in [5, 5.41) is 3.25. The van der Waals surface area contributed by atoms with Gasteiger partial charge in [-0.3, -0.25) is 9.00 Å². The van der Waals surface area contributed by atoms with E-state index in [-0.39, 0.29) is 5.97 Å². The molecule has 18 heavy (non-hydrogen) atoms. The summed E-state index contributed by atoms with van der Waals surface area (Å²) in [4.78, 5) is 13.3. The molecular formula is C12H19NO3S2. The minimum absolute atomic E-state index is 0.213. The molecule has 0 aliphatic carbocycles. The first-order chi connectivity index (χ1) is 8.65. The van der Waals surface area contributed by atoms with Gasteiger partial charge in [0.2, 0.25) is 0 Å². The molecule has 0 aliphatic rings. The first-order valence-corrected chi connectivity index (χ1v) is 8.16. The molecule has 0 aromatic carbocycles. The van der Waals surface area contributed by atoms with E-state index in [9.17, 15) is 9.00 Å². The van der Waals surface area contributed by atoms with Gasteiger partial charge in [0.1, 0.15) is 0 Å². The number of carbonyl (C=O) groups is 1. The van der Waals surface area contributed by atoms with Crippen molar-refractivity contribution in [2.24, 2.45) is 0 Å². The number of ether oxygens (including phenoxy) is 1. The zero-order valence-corrected chi connectivity index (χ0v) is 12.4. The average Bonchev–Trinajstić information content (AvgIpc) is 2.81. The first kappa shape index (κ1) is 15.3. The third-order valence-corrected chi connectivity index (χ3v) is 4.78. The van der Waals surface area contributed by atoms with Crippen LogP contribution in [0.15, 0.2) is 12.1 Å². The summed E-state index contributed by atoms with van der Waals surface area (Å²) in [5.74, 6) is 1.19. The molecule has 1 N–H and O–H groups in total. The highest BCUT2D eigenvalue weighted by Crippen LogP contribution is 2.17. The molecule has 0 aliphatic heterocycles. The fraction of sp³-hybridized carbons (Fsp3) is 0.583. The molecule has 1 aromatic heterocycles. The van der Waals surface area contributed by atoms with Gasteiger partial charge in [0.25, 0.3) is 0 Å². The van der Waals surface area contributed by atoms with Gasteiger partial charge >= 0.3 is 5.97 Å². The summed E-state index contributed by atoms with van der Waals surface area (Å²) in [6.45, 7) is 3.44. The predicted octanol–water partition coefficient (Wildman–Crippen LogP) is 1.32. The Balaban J connectivity index is 2.27. The van der Waals surface area contributed by atoms with E-state index in [1.54, 1.807) is 11.3 Å². The van der Waals surface area contributed by atoms with Gasteiger partial charge in [0.05, 0.1) is 13.5 Å². The van der Waals surface area contributed by atoms with Gasteiger partial charge in [0.15, 0.2) is 0 Å². The summed E-state index contributed by atoms with van der Waals surface area (Å²) in [6, 6.07) is 3.95. The zero-order chi connectivity index (χ0) is 13.4. The van der Waals surface area contributed by atoms with Crippen LogP contribution in [0.1, 0.15) is 16.7 Å². The lowest BCUT2D eigenvalue weighted by molar-refractivity contribution is -0.139. The van der Waals surface area contributed by atoms with Crippen LogP contribution < -0.4 is 5.32 Å². The van der Waals surface area contributed by atoms with Crippen molar-refractivity contribution in [1.82, 2.24) is 5.32 Å². The lowest BCUT2D eigenvalue weighted by atomic mass is 10.3. The highest BCUT2D eigenvalue weighted by molar-refractivity contribution is 7.84. The summed E-state index contributed by atoms with van der Waals surface area (Å²) < 4.78 is 15.8. The van der Waals surface area contributed by atoms with Crippen molar-refractivity contribution >= 4 is 28.1 Å². The third-order valence-electron chi connectivity index (χ3n) is 2.39. The summed E-state index contributed by atoms with van der Waals surface area (Å²) >= 11 is 1.60. The minimum atomic E-state index is -0.709. The Morgan fingerprint density at radius 3 is 2.83 bits per heavy atom. The summed E-state index contributed by atoms with van der Waals surface area (Å²) in [6.07, 6.45) is 0.334. The molecule has 1 rings (SSSR count). The Kier molecular flexibility index (Phi) is 7.15. The maximum atomic E-state index is 11.2. The fourth-order valence-electron chi connectivity index (χ4n) is 1.37. The van der Waals surface area contributed by atoms with Crippen molar-refractivity contribution in [2.75, 3.05) is 25.2 Å². The number of nitrogens with one attached hydrogen (secondary N) is 1. The standard InChI is InChI=1S/C12H19NO3S2/c1-3-18(15)7-6-13-9-11-5-4-10(17-11)8-12(14)16-2/h4-5,13H,3,6-9H2,1-2H3. The van der Waals surface area contributed by atoms with Crippen molar-refractivity contribution in [3.05, 3.63) is 21.9 Å². The van der Waals surface area contributed by atoms with Gasteiger partial charge in [-0.2, -0.15) is 0 Å². The largest absolute Gasteiger partial charge is 0.469 e. The molecule has 0 saturated heterocycles. The molecule has 0 radical (unpaired) electrons. The Bertz CT molecular complexity index is 404. The first-order valence-electron chi connectivity index (χ1n) is 5.85. The Morgan fingerprint density at radius 2 is 2.17 bits per heavy atom. The molecule has 1 aromatic rings. The molecule has 0 bridgehead atoms. The number of carbonyl (C=O) groups excluding carboxylic acids is 1. The lowest BCUT2D eigenvalue weighted by Crippen LogP contribution is -2.20. The van der Waals surface area contributed by atoms with Gasteiger partial charge in [-0.1, -0.05) is 6.92 Å². The van der Waals surface area contributed by atoms with E-state index in [1.807, 2.05) is 19.1 Å². The molecule has 1 unspecified atom stereocenters. The van der Waals surface area contributed by atoms with Crippen LogP contribution in [0.3, 0.4) is 0 Å². The van der Waals surface area contributed by atoms with E-state index < -0.39 is 10.8 Å². The summed E-state index contributed by atoms with van der Waals surface area (Å²) in [5.41, 5.74) is 0. The Hall–Kier alpha value is -0.720. The Labute approximate surface area is 114 Å². The van der Waals surface area contributed by atoms with E-state index in [4.69, 9.17) is 0 Å². The molecule has 1 heterocycles. The molecule has 0 saturated carbocycles. The number of hydrogen-bond donors (Lipinski definition) is 1. The van der Waals surface area contributed by atoms with Crippen molar-refractivity contribution < 1.29 is 13.7 Å². The van der Waals surface area contributed by atoms with Crippen molar-refractivity contribution in [3.63, 3.8) is 0 Å². The normalized spacial score (nSPS) is 12.3. The van der Waals surface area contributed by atoms with Crippen LogP contribution in [0.5, 0.6) is 0 Å². The van der Waals surface area contributed by atoms with E-state index in [2.05, 4.69) is 10.1 Å². The number of hydrogen-bond acceptors (Lipinski definition) is 5. The smallest absolute Gasteiger partial charge is 0.310 e. The summed E-state index contributed by atoms with van der Waals surface area (Å²) in [7, 11) is 0.686. The number of methoxy groups -OCH3 is 1. The number of rotatable bonds is 8. The van der Waals surface area contributed by atoms with Gasteiger partial charge in [-0.15, -0.1) is 11.3 Å². The fourth-order valence-corrected chi connectivity index (χ4v) is 3.00. The number of esters is 1. The van der Waals surface area contributed by atoms with Crippen LogP contribution in [-0.2, 0) is 33.3 Å². The second-order valence-corrected chi connectivity index (χ2v) is 6.85. The molecule has 6 heteroatoms. The number of thiophene rings is 1. The van der Waals surface area contributed by atoms with Gasteiger partial charge in [-0.05, 0) is 12.1 Å². The van der Waals surface area contributed by atoms with Crippen LogP contribution in [0, 0.1) is 0 Å². The van der Waals surface area contributed by atoms with Crippen LogP contribution in [-0.4, -0.2) is 35.3 Å². The molecule has 1 atom stereocenters. The third kappa shape index (κ3) is 5.75. The Morgan fingerprint density at radius 1 is 1.44 bits per heavy atom. The minimum Gasteiger partial charge on any atom is -0.469 e. The van der Waals surface area contributed by atoms with Crippen LogP contribution >= 0.6 is 11.3 Å². The SMILES string of the molecule is CCS(=O)CCNCc1ccc(CC(=O)OC)s1. The molecule has 0 amide bonds. The predicted molar refractivity (Wildman–Crippen MR) is 75.3 cm³/mol. The second kappa shape index (κ2) is 8.39. The van der Waals surface area contributed by atoms with Gasteiger partial charge < -0.3 is 10.1 Å². The highest BCUT2D eigenvalue weighted by Gasteiger charge is 2.06. The van der Waals surface area contributed by atoms with Crippen LogP contribution in [0.25, 0.3) is 0 Å². The van der Waals surface area contributed by atoms with E-state index in [0.29, 0.717) is 17.9 Å². The molecular weight excluding hydrogens is 270 g/mol. The molecule has 4 nitrogen and oxygen atoms in total. The molecule has 102 valence electrons. The topological polar surface area (TPSA) is 55.4 Å². The van der Waals surface area contributed by atoms with Crippen molar-refractivity contribution in [1.29, 1.82) is 0 Å². The van der Waals surface area contributed by atoms with Gasteiger partial charge in [0, 0.05) is 45.1 Å². The van der Waals surface area contributed by atoms with Crippen LogP contribution in [0.4, 0.5) is 0 Å². The van der Waals surface area contributed by atoms with E-state index in [0.717, 1.165) is 18.0 Å². The molecule has 0 fully saturated rings. The zero-order valence-electron chi connectivity index (χ0n) is 10.7. The van der Waals surface area contributed by atoms with Gasteiger partial charge in [-0.25, -0.2) is 0 Å². The molecule has 0 spiro atoms. The maximum Gasteiger partial charge on any atom is 0.310 e. The van der Waals surface area contributed by atoms with Crippen LogP contribution in [0.2, 0.25) is 0 Å². The maximum absolute atomic E-state index is 11.2. The lowest BCUT2D eigenvalue weighted by Gasteiger charge is -2.01. The quantitative estimate of drug-likeness (QED) is 0.579. The van der Waals surface area contributed by atoms with Crippen molar-refractivity contribution in [2.45, 2.75) is 19.9 Å². The monoisotopic (exact) mass is 289 g/mol. The highest BCUT2D eigenvalue weighted by atomic mass is 32.2. The van der Waals surface area contributed by atoms with E-state index in [1.165, 1.54) is 12.0 Å². The van der Waals surface area contributed by atoms with Crippen molar-refractivity contribution in [3.8, 4) is 0 Å². The van der Waals surface area contributed by atoms with E-state index >= 15 is 0 Å². The second-order valence-electron chi connectivity index (χ2n) is 3.73. The average molecular weight is 289 g/mol.